The Hall–Kier alpha value is -2.35. The average molecular weight is 337 g/mol. The average Bonchev–Trinajstić information content (AvgIpc) is 3.02. The lowest BCUT2D eigenvalue weighted by molar-refractivity contribution is -0.137. The number of carboxylic acid groups (broad SMARTS) is 1. The summed E-state index contributed by atoms with van der Waals surface area (Å²) in [6.07, 6.45) is -2.69. The first-order chi connectivity index (χ1) is 10.9. The van der Waals surface area contributed by atoms with E-state index in [1.54, 1.807) is 6.92 Å². The maximum absolute atomic E-state index is 13.5. The molecule has 8 heteroatoms. The van der Waals surface area contributed by atoms with E-state index in [0.29, 0.717) is 11.4 Å². The van der Waals surface area contributed by atoms with Crippen molar-refractivity contribution in [2.75, 3.05) is 0 Å². The van der Waals surface area contributed by atoms with Gasteiger partial charge in [0.2, 0.25) is 0 Å². The largest absolute Gasteiger partial charge is 0.480 e. The van der Waals surface area contributed by atoms with Gasteiger partial charge in [-0.15, -0.1) is 11.3 Å². The molecule has 3 aromatic rings. The molecular weight excluding hydrogens is 324 g/mol. The van der Waals surface area contributed by atoms with Gasteiger partial charge in [0.15, 0.2) is 5.65 Å². The van der Waals surface area contributed by atoms with E-state index in [4.69, 9.17) is 5.11 Å². The molecule has 0 bridgehead atoms. The van der Waals surface area contributed by atoms with Gasteiger partial charge in [-0.1, -0.05) is 0 Å². The Bertz CT molecular complexity index is 902. The van der Waals surface area contributed by atoms with Gasteiger partial charge in [0.05, 0.1) is 21.7 Å². The van der Waals surface area contributed by atoms with Gasteiger partial charge >= 0.3 is 5.97 Å². The number of aliphatic carboxylic acids is 1. The summed E-state index contributed by atoms with van der Waals surface area (Å²) in [6.45, 7) is 3.07. The summed E-state index contributed by atoms with van der Waals surface area (Å²) in [5.41, 5.74) is 0.740. The molecule has 0 radical (unpaired) electrons. The standard InChI is InChI=1S/C15H13F2N3O2S/c1-7-3-4-11(23-7)10-5-9(14(16)17)13-8(2)19-20(6-12(21)22)15(13)18-10/h3-5,14H,6H2,1-2H3,(H,21,22). The van der Waals surface area contributed by atoms with Gasteiger partial charge in [-0.2, -0.15) is 5.10 Å². The molecule has 0 aliphatic heterocycles. The Morgan fingerprint density at radius 2 is 2.13 bits per heavy atom. The normalized spacial score (nSPS) is 11.5. The van der Waals surface area contributed by atoms with Crippen LogP contribution in [0, 0.1) is 13.8 Å². The van der Waals surface area contributed by atoms with E-state index >= 15 is 0 Å². The van der Waals surface area contributed by atoms with Gasteiger partial charge < -0.3 is 5.11 Å². The van der Waals surface area contributed by atoms with Crippen LogP contribution in [-0.2, 0) is 11.3 Å². The van der Waals surface area contributed by atoms with Gasteiger partial charge in [0.25, 0.3) is 6.43 Å². The Labute approximate surface area is 134 Å². The minimum absolute atomic E-state index is 0.170. The second-order valence-corrected chi connectivity index (χ2v) is 6.43. The van der Waals surface area contributed by atoms with Gasteiger partial charge in [-0.25, -0.2) is 18.4 Å². The molecule has 0 aliphatic carbocycles. The SMILES string of the molecule is Cc1ccc(-c2cc(C(F)F)c3c(C)nn(CC(=O)O)c3n2)s1. The van der Waals surface area contributed by atoms with Crippen molar-refractivity contribution in [3.05, 3.63) is 34.3 Å². The van der Waals surface area contributed by atoms with Crippen LogP contribution >= 0.6 is 11.3 Å². The van der Waals surface area contributed by atoms with Crippen molar-refractivity contribution < 1.29 is 18.7 Å². The molecule has 120 valence electrons. The number of carbonyl (C=O) groups is 1. The number of hydrogen-bond acceptors (Lipinski definition) is 4. The first-order valence-corrected chi connectivity index (χ1v) is 7.63. The first kappa shape index (κ1) is 15.5. The second-order valence-electron chi connectivity index (χ2n) is 5.14. The third kappa shape index (κ3) is 2.81. The monoisotopic (exact) mass is 337 g/mol. The number of nitrogens with zero attached hydrogens (tertiary/aromatic N) is 3. The van der Waals surface area contributed by atoms with E-state index in [-0.39, 0.29) is 16.6 Å². The number of fused-ring (bicyclic) bond motifs is 1. The highest BCUT2D eigenvalue weighted by Gasteiger charge is 2.22. The molecule has 0 spiro atoms. The van der Waals surface area contributed by atoms with E-state index in [1.807, 2.05) is 19.1 Å². The van der Waals surface area contributed by atoms with Gasteiger partial charge in [-0.3, -0.25) is 4.79 Å². The van der Waals surface area contributed by atoms with E-state index in [2.05, 4.69) is 10.1 Å². The second kappa shape index (κ2) is 5.69. The number of rotatable bonds is 4. The van der Waals surface area contributed by atoms with Crippen LogP contribution in [-0.4, -0.2) is 25.8 Å². The molecule has 0 unspecified atom stereocenters. The topological polar surface area (TPSA) is 68.0 Å². The molecule has 0 aliphatic rings. The molecule has 1 N–H and O–H groups in total. The first-order valence-electron chi connectivity index (χ1n) is 6.81. The van der Waals surface area contributed by atoms with E-state index in [9.17, 15) is 13.6 Å². The van der Waals surface area contributed by atoms with Crippen molar-refractivity contribution >= 4 is 28.3 Å². The molecule has 0 saturated carbocycles. The summed E-state index contributed by atoms with van der Waals surface area (Å²) in [5, 5.41) is 13.2. The summed E-state index contributed by atoms with van der Waals surface area (Å²) < 4.78 is 28.1. The summed E-state index contributed by atoms with van der Waals surface area (Å²) in [7, 11) is 0. The summed E-state index contributed by atoms with van der Waals surface area (Å²) in [6, 6.07) is 5.06. The molecule has 3 heterocycles. The predicted octanol–water partition coefficient (Wildman–Crippen LogP) is 3.80. The Morgan fingerprint density at radius 1 is 1.39 bits per heavy atom. The number of halogens is 2. The summed E-state index contributed by atoms with van der Waals surface area (Å²) >= 11 is 1.44. The van der Waals surface area contributed by atoms with Crippen LogP contribution in [0.5, 0.6) is 0 Å². The van der Waals surface area contributed by atoms with Crippen LogP contribution in [0.15, 0.2) is 18.2 Å². The summed E-state index contributed by atoms with van der Waals surface area (Å²) in [4.78, 5) is 17.1. The van der Waals surface area contributed by atoms with Crippen LogP contribution in [0.3, 0.4) is 0 Å². The van der Waals surface area contributed by atoms with Crippen molar-refractivity contribution in [2.45, 2.75) is 26.8 Å². The van der Waals surface area contributed by atoms with Crippen LogP contribution in [0.25, 0.3) is 21.6 Å². The molecule has 3 aromatic heterocycles. The van der Waals surface area contributed by atoms with Crippen molar-refractivity contribution in [2.24, 2.45) is 0 Å². The van der Waals surface area contributed by atoms with Crippen molar-refractivity contribution in [3.63, 3.8) is 0 Å². The maximum Gasteiger partial charge on any atom is 0.325 e. The van der Waals surface area contributed by atoms with Crippen molar-refractivity contribution in [3.8, 4) is 10.6 Å². The van der Waals surface area contributed by atoms with Gasteiger partial charge in [-0.05, 0) is 32.0 Å². The molecule has 0 atom stereocenters. The minimum Gasteiger partial charge on any atom is -0.480 e. The highest BCUT2D eigenvalue weighted by molar-refractivity contribution is 7.15. The number of aryl methyl sites for hydroxylation is 2. The van der Waals surface area contributed by atoms with Crippen molar-refractivity contribution in [1.29, 1.82) is 0 Å². The number of carboxylic acids is 1. The Kier molecular flexibility index (Phi) is 3.85. The fraction of sp³-hybridized carbons (Fsp3) is 0.267. The van der Waals surface area contributed by atoms with Crippen LogP contribution in [0.2, 0.25) is 0 Å². The highest BCUT2D eigenvalue weighted by Crippen LogP contribution is 2.35. The van der Waals surface area contributed by atoms with E-state index < -0.39 is 18.9 Å². The molecule has 23 heavy (non-hydrogen) atoms. The maximum atomic E-state index is 13.5. The quantitative estimate of drug-likeness (QED) is 0.786. The third-order valence-corrected chi connectivity index (χ3v) is 4.44. The number of aromatic nitrogens is 3. The smallest absolute Gasteiger partial charge is 0.325 e. The lowest BCUT2D eigenvalue weighted by Gasteiger charge is -2.07. The molecule has 5 nitrogen and oxygen atoms in total. The summed E-state index contributed by atoms with van der Waals surface area (Å²) in [5.74, 6) is -1.10. The van der Waals surface area contributed by atoms with Crippen LogP contribution in [0.4, 0.5) is 8.78 Å². The number of thiophene rings is 1. The molecule has 0 saturated heterocycles. The van der Waals surface area contributed by atoms with Gasteiger partial charge in [0.1, 0.15) is 6.54 Å². The van der Waals surface area contributed by atoms with Gasteiger partial charge in [0, 0.05) is 10.4 Å². The predicted molar refractivity (Wildman–Crippen MR) is 82.9 cm³/mol. The molecule has 0 fully saturated rings. The molecular formula is C15H13F2N3O2S. The van der Waals surface area contributed by atoms with Crippen LogP contribution in [0.1, 0.15) is 22.6 Å². The fourth-order valence-electron chi connectivity index (χ4n) is 2.50. The highest BCUT2D eigenvalue weighted by atomic mass is 32.1. The number of alkyl halides is 2. The lowest BCUT2D eigenvalue weighted by Crippen LogP contribution is -2.10. The fourth-order valence-corrected chi connectivity index (χ4v) is 3.32. The number of hydrogen-bond donors (Lipinski definition) is 1. The zero-order chi connectivity index (χ0) is 16.7. The molecule has 3 rings (SSSR count). The molecule has 0 aromatic carbocycles. The van der Waals surface area contributed by atoms with Crippen LogP contribution < -0.4 is 0 Å². The zero-order valence-corrected chi connectivity index (χ0v) is 13.2. The Morgan fingerprint density at radius 3 is 2.70 bits per heavy atom. The van der Waals surface area contributed by atoms with Crippen molar-refractivity contribution in [1.82, 2.24) is 14.8 Å². The zero-order valence-electron chi connectivity index (χ0n) is 12.4. The minimum atomic E-state index is -2.69. The molecule has 0 amide bonds. The van der Waals surface area contributed by atoms with E-state index in [0.717, 1.165) is 14.4 Å². The Balaban J connectivity index is 2.30. The third-order valence-electron chi connectivity index (χ3n) is 3.42. The van der Waals surface area contributed by atoms with E-state index in [1.165, 1.54) is 17.4 Å². The number of pyridine rings is 1. The lowest BCUT2D eigenvalue weighted by atomic mass is 10.1.